The van der Waals surface area contributed by atoms with Gasteiger partial charge < -0.3 is 14.2 Å². The van der Waals surface area contributed by atoms with Crippen LogP contribution in [0.3, 0.4) is 0 Å². The molecule has 0 aromatic carbocycles. The van der Waals surface area contributed by atoms with Crippen molar-refractivity contribution in [1.29, 1.82) is 0 Å². The van der Waals surface area contributed by atoms with Gasteiger partial charge >= 0.3 is 11.9 Å². The summed E-state index contributed by atoms with van der Waals surface area (Å²) in [4.78, 5) is 22.2. The molecular weight excluding hydrogens is 224 g/mol. The summed E-state index contributed by atoms with van der Waals surface area (Å²) in [6, 6.07) is 0. The van der Waals surface area contributed by atoms with Gasteiger partial charge in [0.05, 0.1) is 6.61 Å². The fraction of sp³-hybridized carbons (Fsp3) is 0.833. The number of hydrogen-bond donors (Lipinski definition) is 0. The summed E-state index contributed by atoms with van der Waals surface area (Å²) >= 11 is 0. The van der Waals surface area contributed by atoms with Crippen LogP contribution in [0, 0.1) is 0 Å². The molecule has 0 fully saturated rings. The number of carbonyl (C=O) groups excluding carboxylic acids is 2. The molecule has 100 valence electrons. The molecule has 0 aromatic rings. The summed E-state index contributed by atoms with van der Waals surface area (Å²) in [6.07, 6.45) is 1.17. The minimum absolute atomic E-state index is 0.122. The largest absolute Gasteiger partial charge is 0.463 e. The molecule has 0 radical (unpaired) electrons. The summed E-state index contributed by atoms with van der Waals surface area (Å²) in [6.45, 7) is 7.52. The van der Waals surface area contributed by atoms with E-state index in [-0.39, 0.29) is 25.8 Å². The Kier molecular flexibility index (Phi) is 7.54. The Bertz CT molecular complexity index is 242. The van der Waals surface area contributed by atoms with Gasteiger partial charge in [-0.3, -0.25) is 4.79 Å². The lowest BCUT2D eigenvalue weighted by Crippen LogP contribution is -2.27. The predicted octanol–water partition coefficient (Wildman–Crippen LogP) is 1.69. The molecule has 0 rings (SSSR count). The molecule has 0 unspecified atom stereocenters. The van der Waals surface area contributed by atoms with E-state index in [0.29, 0.717) is 6.42 Å². The van der Waals surface area contributed by atoms with Gasteiger partial charge in [0.1, 0.15) is 18.8 Å². The third-order valence-electron chi connectivity index (χ3n) is 1.58. The van der Waals surface area contributed by atoms with Crippen molar-refractivity contribution in [2.75, 3.05) is 19.8 Å². The number of esters is 2. The van der Waals surface area contributed by atoms with E-state index in [1.807, 2.05) is 6.92 Å². The molecule has 0 aliphatic carbocycles. The molecule has 0 atom stereocenters. The van der Waals surface area contributed by atoms with Crippen LogP contribution in [-0.2, 0) is 23.8 Å². The van der Waals surface area contributed by atoms with Crippen molar-refractivity contribution in [2.24, 2.45) is 0 Å². The van der Waals surface area contributed by atoms with Crippen LogP contribution in [0.5, 0.6) is 0 Å². The predicted molar refractivity (Wildman–Crippen MR) is 62.5 cm³/mol. The van der Waals surface area contributed by atoms with E-state index in [0.717, 1.165) is 6.42 Å². The molecule has 0 heterocycles. The topological polar surface area (TPSA) is 61.8 Å². The molecule has 0 saturated heterocycles. The smallest absolute Gasteiger partial charge is 0.332 e. The van der Waals surface area contributed by atoms with Gasteiger partial charge in [-0.1, -0.05) is 6.92 Å². The van der Waals surface area contributed by atoms with Gasteiger partial charge in [-0.05, 0) is 27.2 Å². The zero-order chi connectivity index (χ0) is 13.3. The first-order valence-electron chi connectivity index (χ1n) is 5.80. The fourth-order valence-corrected chi connectivity index (χ4v) is 1.02. The van der Waals surface area contributed by atoms with Crippen LogP contribution in [0.2, 0.25) is 0 Å². The Morgan fingerprint density at radius 3 is 2.24 bits per heavy atom. The van der Waals surface area contributed by atoms with E-state index in [1.54, 1.807) is 20.8 Å². The van der Waals surface area contributed by atoms with Crippen LogP contribution in [0.4, 0.5) is 0 Å². The summed E-state index contributed by atoms with van der Waals surface area (Å²) < 4.78 is 14.9. The highest BCUT2D eigenvalue weighted by Crippen LogP contribution is 2.06. The van der Waals surface area contributed by atoms with E-state index in [4.69, 9.17) is 14.2 Å². The summed E-state index contributed by atoms with van der Waals surface area (Å²) in [7, 11) is 0. The lowest BCUT2D eigenvalue weighted by molar-refractivity contribution is -0.161. The highest BCUT2D eigenvalue weighted by Gasteiger charge is 2.15. The molecule has 0 bridgehead atoms. The van der Waals surface area contributed by atoms with Gasteiger partial charge in [-0.25, -0.2) is 4.79 Å². The van der Waals surface area contributed by atoms with Gasteiger partial charge in [-0.15, -0.1) is 0 Å². The normalized spacial score (nSPS) is 11.1. The molecule has 5 heteroatoms. The lowest BCUT2D eigenvalue weighted by Gasteiger charge is -2.19. The van der Waals surface area contributed by atoms with E-state index in [9.17, 15) is 9.59 Å². The minimum Gasteiger partial charge on any atom is -0.463 e. The number of ether oxygens (including phenoxy) is 3. The zero-order valence-corrected chi connectivity index (χ0v) is 11.1. The van der Waals surface area contributed by atoms with Crippen LogP contribution in [0.1, 0.15) is 40.5 Å². The van der Waals surface area contributed by atoms with Gasteiger partial charge in [0.15, 0.2) is 0 Å². The van der Waals surface area contributed by atoms with Gasteiger partial charge in [-0.2, -0.15) is 0 Å². The minimum atomic E-state index is -0.506. The maximum Gasteiger partial charge on any atom is 0.332 e. The first kappa shape index (κ1) is 15.9. The van der Waals surface area contributed by atoms with Crippen molar-refractivity contribution in [3.63, 3.8) is 0 Å². The number of hydrogen-bond acceptors (Lipinski definition) is 5. The highest BCUT2D eigenvalue weighted by molar-refractivity contribution is 5.71. The van der Waals surface area contributed by atoms with Crippen molar-refractivity contribution in [1.82, 2.24) is 0 Å². The van der Waals surface area contributed by atoms with Crippen molar-refractivity contribution in [2.45, 2.75) is 46.1 Å². The molecule has 0 N–H and O–H groups in total. The number of rotatable bonds is 7. The van der Waals surface area contributed by atoms with Crippen LogP contribution in [0.25, 0.3) is 0 Å². The third kappa shape index (κ3) is 11.2. The second-order valence-electron chi connectivity index (χ2n) is 4.61. The Morgan fingerprint density at radius 2 is 1.71 bits per heavy atom. The second-order valence-corrected chi connectivity index (χ2v) is 4.61. The van der Waals surface area contributed by atoms with Crippen LogP contribution >= 0.6 is 0 Å². The monoisotopic (exact) mass is 246 g/mol. The van der Waals surface area contributed by atoms with E-state index in [2.05, 4.69) is 0 Å². The molecule has 0 saturated carbocycles. The molecule has 0 aliphatic rings. The highest BCUT2D eigenvalue weighted by atomic mass is 16.6. The SMILES string of the molecule is CCCC(=O)OCCOCC(=O)OC(C)(C)C. The van der Waals surface area contributed by atoms with Crippen molar-refractivity contribution >= 4 is 11.9 Å². The Morgan fingerprint density at radius 1 is 1.06 bits per heavy atom. The Hall–Kier alpha value is -1.10. The fourth-order valence-electron chi connectivity index (χ4n) is 1.02. The molecule has 0 amide bonds. The average molecular weight is 246 g/mol. The van der Waals surface area contributed by atoms with Gasteiger partial charge in [0.25, 0.3) is 0 Å². The van der Waals surface area contributed by atoms with Crippen molar-refractivity contribution < 1.29 is 23.8 Å². The molecule has 0 aromatic heterocycles. The lowest BCUT2D eigenvalue weighted by atomic mass is 10.2. The molecular formula is C12H22O5. The summed E-state index contributed by atoms with van der Waals surface area (Å²) in [5, 5.41) is 0. The van der Waals surface area contributed by atoms with Gasteiger partial charge in [0.2, 0.25) is 0 Å². The maximum absolute atomic E-state index is 11.2. The molecule has 5 nitrogen and oxygen atoms in total. The average Bonchev–Trinajstić information content (AvgIpc) is 2.14. The van der Waals surface area contributed by atoms with Crippen molar-refractivity contribution in [3.05, 3.63) is 0 Å². The Balaban J connectivity index is 3.46. The second kappa shape index (κ2) is 8.06. The summed E-state index contributed by atoms with van der Waals surface area (Å²) in [5.41, 5.74) is -0.506. The van der Waals surface area contributed by atoms with Gasteiger partial charge in [0, 0.05) is 6.42 Å². The first-order valence-corrected chi connectivity index (χ1v) is 5.80. The molecule has 0 aliphatic heterocycles. The van der Waals surface area contributed by atoms with Crippen LogP contribution in [-0.4, -0.2) is 37.4 Å². The third-order valence-corrected chi connectivity index (χ3v) is 1.58. The quantitative estimate of drug-likeness (QED) is 0.505. The van der Waals surface area contributed by atoms with Crippen LogP contribution in [0.15, 0.2) is 0 Å². The first-order chi connectivity index (χ1) is 7.85. The standard InChI is InChI=1S/C12H22O5/c1-5-6-10(13)16-8-7-15-9-11(14)17-12(2,3)4/h5-9H2,1-4H3. The van der Waals surface area contributed by atoms with E-state index >= 15 is 0 Å². The zero-order valence-electron chi connectivity index (χ0n) is 11.1. The molecule has 0 spiro atoms. The van der Waals surface area contributed by atoms with E-state index in [1.165, 1.54) is 0 Å². The van der Waals surface area contributed by atoms with E-state index < -0.39 is 11.6 Å². The van der Waals surface area contributed by atoms with Crippen molar-refractivity contribution in [3.8, 4) is 0 Å². The summed E-state index contributed by atoms with van der Waals surface area (Å²) in [5.74, 6) is -0.661. The number of carbonyl (C=O) groups is 2. The van der Waals surface area contributed by atoms with Crippen LogP contribution < -0.4 is 0 Å². The maximum atomic E-state index is 11.2. The Labute approximate surface area is 102 Å². The molecule has 17 heavy (non-hydrogen) atoms.